The van der Waals surface area contributed by atoms with Gasteiger partial charge in [-0.05, 0) is 53.1 Å². The van der Waals surface area contributed by atoms with Crippen molar-refractivity contribution in [1.82, 2.24) is 10.2 Å². The number of hydrogen-bond donors (Lipinski definition) is 1. The molecule has 6 aromatic rings. The first-order valence-electron chi connectivity index (χ1n) is 14.5. The highest BCUT2D eigenvalue weighted by atomic mass is 32.2. The van der Waals surface area contributed by atoms with Crippen molar-refractivity contribution in [2.24, 2.45) is 0 Å². The first-order chi connectivity index (χ1) is 22.5. The lowest BCUT2D eigenvalue weighted by atomic mass is 9.95. The summed E-state index contributed by atoms with van der Waals surface area (Å²) in [5, 5.41) is 23.2. The van der Waals surface area contributed by atoms with E-state index in [0.29, 0.717) is 44.7 Å². The maximum absolute atomic E-state index is 14.1. The molecule has 0 bridgehead atoms. The number of ether oxygens (including phenoxy) is 2. The van der Waals surface area contributed by atoms with E-state index < -0.39 is 23.5 Å². The predicted molar refractivity (Wildman–Crippen MR) is 178 cm³/mol. The van der Waals surface area contributed by atoms with Crippen LogP contribution in [0, 0.1) is 0 Å². The number of amides is 1. The monoisotopic (exact) mass is 649 g/mol. The molecule has 3 heterocycles. The summed E-state index contributed by atoms with van der Waals surface area (Å²) in [6, 6.07) is 27.3. The van der Waals surface area contributed by atoms with Gasteiger partial charge in [0.05, 0.1) is 25.3 Å². The molecule has 0 saturated heterocycles. The van der Waals surface area contributed by atoms with E-state index in [4.69, 9.17) is 13.9 Å². The van der Waals surface area contributed by atoms with Gasteiger partial charge in [0.2, 0.25) is 10.9 Å². The minimum Gasteiger partial charge on any atom is -0.503 e. The Kier molecular flexibility index (Phi) is 7.93. The number of para-hydroxylation sites is 1. The van der Waals surface area contributed by atoms with Gasteiger partial charge in [-0.15, -0.1) is 10.2 Å². The van der Waals surface area contributed by atoms with Crippen LogP contribution in [-0.2, 0) is 10.5 Å². The maximum atomic E-state index is 14.1. The Morgan fingerprint density at radius 2 is 1.78 bits per heavy atom. The van der Waals surface area contributed by atoms with Crippen LogP contribution in [0.15, 0.2) is 111 Å². The minimum atomic E-state index is -1.01. The Labute approximate surface area is 272 Å². The van der Waals surface area contributed by atoms with Crippen LogP contribution in [0.2, 0.25) is 0 Å². The lowest BCUT2D eigenvalue weighted by molar-refractivity contribution is -0.117. The number of anilines is 1. The molecule has 46 heavy (non-hydrogen) atoms. The van der Waals surface area contributed by atoms with E-state index in [9.17, 15) is 14.7 Å². The molecule has 11 heteroatoms. The molecule has 0 aliphatic carbocycles. The molecule has 0 saturated carbocycles. The number of benzene rings is 4. The Balaban J connectivity index is 1.25. The fourth-order valence-corrected chi connectivity index (χ4v) is 7.52. The highest BCUT2D eigenvalue weighted by Crippen LogP contribution is 2.45. The number of carbonyl (C=O) groups excluding carboxylic acids is 2. The average molecular weight is 650 g/mol. The molecule has 0 spiro atoms. The summed E-state index contributed by atoms with van der Waals surface area (Å²) in [6.45, 7) is 2.30. The first-order valence-corrected chi connectivity index (χ1v) is 16.3. The zero-order chi connectivity index (χ0) is 31.8. The number of thioether (sulfide) groups is 1. The lowest BCUT2D eigenvalue weighted by Gasteiger charge is -2.24. The number of hydrogen-bond acceptors (Lipinski definition) is 10. The van der Waals surface area contributed by atoms with Crippen molar-refractivity contribution in [2.45, 2.75) is 23.1 Å². The molecular weight excluding hydrogens is 623 g/mol. The SMILES string of the molecule is CCOc1cccc(C2C(C(=O)c3cc4cccc(OC)c4o3)=C(O)C(=O)N2c2nnc(SCc3cccc4ccccc34)s2)c1. The number of fused-ring (bicyclic) bond motifs is 2. The van der Waals surface area contributed by atoms with Gasteiger partial charge in [0.1, 0.15) is 5.75 Å². The van der Waals surface area contributed by atoms with Crippen LogP contribution in [0.3, 0.4) is 0 Å². The summed E-state index contributed by atoms with van der Waals surface area (Å²) < 4.78 is 17.7. The number of nitrogens with zero attached hydrogens (tertiary/aromatic N) is 3. The van der Waals surface area contributed by atoms with E-state index in [1.54, 1.807) is 48.5 Å². The first kappa shape index (κ1) is 29.6. The largest absolute Gasteiger partial charge is 0.503 e. The minimum absolute atomic E-state index is 0.0368. The number of furan rings is 1. The summed E-state index contributed by atoms with van der Waals surface area (Å²) in [5.41, 5.74) is 1.97. The maximum Gasteiger partial charge on any atom is 0.296 e. The zero-order valence-electron chi connectivity index (χ0n) is 24.8. The van der Waals surface area contributed by atoms with E-state index in [2.05, 4.69) is 34.5 Å². The number of aromatic nitrogens is 2. The van der Waals surface area contributed by atoms with Gasteiger partial charge in [-0.3, -0.25) is 14.5 Å². The fraction of sp³-hybridized carbons (Fsp3) is 0.143. The van der Waals surface area contributed by atoms with Crippen molar-refractivity contribution in [1.29, 1.82) is 0 Å². The molecule has 7 rings (SSSR count). The second-order valence-corrected chi connectivity index (χ2v) is 12.6. The Bertz CT molecular complexity index is 2150. The van der Waals surface area contributed by atoms with Gasteiger partial charge in [0, 0.05) is 11.1 Å². The summed E-state index contributed by atoms with van der Waals surface area (Å²) in [5.74, 6) is -0.439. The zero-order valence-corrected chi connectivity index (χ0v) is 26.4. The second-order valence-electron chi connectivity index (χ2n) is 10.4. The van der Waals surface area contributed by atoms with Gasteiger partial charge in [-0.25, -0.2) is 0 Å². The Hall–Kier alpha value is -5.13. The lowest BCUT2D eigenvalue weighted by Crippen LogP contribution is -2.31. The van der Waals surface area contributed by atoms with Crippen molar-refractivity contribution in [3.8, 4) is 11.5 Å². The molecule has 1 unspecified atom stereocenters. The Morgan fingerprint density at radius 3 is 2.63 bits per heavy atom. The molecule has 4 aromatic carbocycles. The summed E-state index contributed by atoms with van der Waals surface area (Å²) in [7, 11) is 1.51. The van der Waals surface area contributed by atoms with Crippen LogP contribution in [0.25, 0.3) is 21.7 Å². The molecule has 1 amide bonds. The fourth-order valence-electron chi connectivity index (χ4n) is 5.65. The third-order valence-electron chi connectivity index (χ3n) is 7.72. The van der Waals surface area contributed by atoms with E-state index in [1.807, 2.05) is 25.1 Å². The van der Waals surface area contributed by atoms with Crippen LogP contribution in [0.1, 0.15) is 34.6 Å². The van der Waals surface area contributed by atoms with Crippen molar-refractivity contribution >= 4 is 61.7 Å². The van der Waals surface area contributed by atoms with E-state index in [0.717, 1.165) is 16.3 Å². The molecule has 1 aliphatic heterocycles. The number of Topliss-reactive ketones (excluding diaryl/α,β-unsaturated/α-hetero) is 1. The van der Waals surface area contributed by atoms with E-state index in [1.165, 1.54) is 35.1 Å². The predicted octanol–water partition coefficient (Wildman–Crippen LogP) is 7.92. The number of methoxy groups -OCH3 is 1. The molecular formula is C35H27N3O6S2. The smallest absolute Gasteiger partial charge is 0.296 e. The molecule has 9 nitrogen and oxygen atoms in total. The molecule has 1 N–H and O–H groups in total. The normalized spacial score (nSPS) is 14.9. The summed E-state index contributed by atoms with van der Waals surface area (Å²) in [6.07, 6.45) is 0. The van der Waals surface area contributed by atoms with Crippen LogP contribution < -0.4 is 14.4 Å². The number of aliphatic hydroxyl groups excluding tert-OH is 1. The van der Waals surface area contributed by atoms with Crippen molar-refractivity contribution in [3.63, 3.8) is 0 Å². The van der Waals surface area contributed by atoms with Gasteiger partial charge in [0.25, 0.3) is 5.91 Å². The van der Waals surface area contributed by atoms with Crippen LogP contribution >= 0.6 is 23.1 Å². The molecule has 1 atom stereocenters. The summed E-state index contributed by atoms with van der Waals surface area (Å²) in [4.78, 5) is 29.2. The van der Waals surface area contributed by atoms with Crippen molar-refractivity contribution in [2.75, 3.05) is 18.6 Å². The topological polar surface area (TPSA) is 115 Å². The standard InChI is InChI=1S/C35H27N3O6S2/c1-3-43-24-14-7-11-21(17-24)29-28(30(39)27-18-22-12-8-16-26(42-2)32(22)44-27)31(40)33(41)38(29)34-36-37-35(46-34)45-19-23-13-6-10-20-9-4-5-15-25(20)23/h4-18,29,40H,3,19H2,1-2H3. The van der Waals surface area contributed by atoms with Crippen molar-refractivity contribution < 1.29 is 28.6 Å². The number of aliphatic hydroxyl groups is 1. The third kappa shape index (κ3) is 5.27. The number of rotatable bonds is 10. The van der Waals surface area contributed by atoms with Gasteiger partial charge in [0.15, 0.2) is 27.2 Å². The quantitative estimate of drug-likeness (QED) is 0.0898. The number of carbonyl (C=O) groups is 2. The molecule has 1 aliphatic rings. The molecule has 0 radical (unpaired) electrons. The second kappa shape index (κ2) is 12.3. The van der Waals surface area contributed by atoms with Gasteiger partial charge >= 0.3 is 0 Å². The van der Waals surface area contributed by atoms with Gasteiger partial charge < -0.3 is 19.0 Å². The van der Waals surface area contributed by atoms with Crippen LogP contribution in [-0.4, -0.2) is 40.7 Å². The highest BCUT2D eigenvalue weighted by Gasteiger charge is 2.47. The molecule has 230 valence electrons. The van der Waals surface area contributed by atoms with Gasteiger partial charge in [-0.2, -0.15) is 0 Å². The summed E-state index contributed by atoms with van der Waals surface area (Å²) >= 11 is 2.72. The molecule has 0 fully saturated rings. The number of ketones is 1. The third-order valence-corrected chi connectivity index (χ3v) is 9.83. The van der Waals surface area contributed by atoms with Crippen molar-refractivity contribution in [3.05, 3.63) is 119 Å². The highest BCUT2D eigenvalue weighted by molar-refractivity contribution is 8.00. The van der Waals surface area contributed by atoms with Crippen LogP contribution in [0.4, 0.5) is 5.13 Å². The van der Waals surface area contributed by atoms with Crippen LogP contribution in [0.5, 0.6) is 11.5 Å². The Morgan fingerprint density at radius 1 is 1.00 bits per heavy atom. The van der Waals surface area contributed by atoms with E-state index >= 15 is 0 Å². The van der Waals surface area contributed by atoms with E-state index in [-0.39, 0.29) is 16.5 Å². The average Bonchev–Trinajstić information content (AvgIpc) is 3.80. The van der Waals surface area contributed by atoms with Gasteiger partial charge in [-0.1, -0.05) is 89.8 Å². The molecule has 2 aromatic heterocycles.